The van der Waals surface area contributed by atoms with E-state index in [1.54, 1.807) is 0 Å². The van der Waals surface area contributed by atoms with Gasteiger partial charge in [-0.2, -0.15) is 12.6 Å². The molecule has 0 aromatic heterocycles. The number of carbonyl (C=O) groups excluding carboxylic acids is 2. The summed E-state index contributed by atoms with van der Waals surface area (Å²) in [4.78, 5) is 22.6. The predicted octanol–water partition coefficient (Wildman–Crippen LogP) is 1.01. The van der Waals surface area contributed by atoms with Crippen molar-refractivity contribution in [2.45, 2.75) is 19.4 Å². The summed E-state index contributed by atoms with van der Waals surface area (Å²) >= 11 is 4.04. The summed E-state index contributed by atoms with van der Waals surface area (Å²) in [6, 6.07) is 8.90. The number of carbonyl (C=O) groups is 2. The lowest BCUT2D eigenvalue weighted by Gasteiger charge is -2.15. The Morgan fingerprint density at radius 2 is 2.00 bits per heavy atom. The monoisotopic (exact) mass is 296 g/mol. The molecule has 1 rings (SSSR count). The quantitative estimate of drug-likeness (QED) is 0.495. The van der Waals surface area contributed by atoms with Crippen LogP contribution in [0.4, 0.5) is 0 Å². The molecule has 1 atom stereocenters. The van der Waals surface area contributed by atoms with Gasteiger partial charge in [0.25, 0.3) is 0 Å². The highest BCUT2D eigenvalue weighted by molar-refractivity contribution is 7.80. The Morgan fingerprint density at radius 1 is 1.30 bits per heavy atom. The zero-order chi connectivity index (χ0) is 14.8. The van der Waals surface area contributed by atoms with E-state index in [1.807, 2.05) is 30.3 Å². The van der Waals surface area contributed by atoms with Crippen molar-refractivity contribution in [1.29, 1.82) is 0 Å². The predicted molar refractivity (Wildman–Crippen MR) is 81.0 cm³/mol. The van der Waals surface area contributed by atoms with Crippen molar-refractivity contribution in [3.8, 4) is 5.75 Å². The Hall–Kier alpha value is -1.69. The van der Waals surface area contributed by atoms with E-state index in [1.165, 1.54) is 6.92 Å². The van der Waals surface area contributed by atoms with Crippen molar-refractivity contribution in [2.24, 2.45) is 0 Å². The lowest BCUT2D eigenvalue weighted by molar-refractivity contribution is -0.127. The zero-order valence-corrected chi connectivity index (χ0v) is 12.4. The van der Waals surface area contributed by atoms with E-state index < -0.39 is 6.04 Å². The Labute approximate surface area is 124 Å². The number of para-hydroxylation sites is 1. The fourth-order valence-electron chi connectivity index (χ4n) is 1.55. The van der Waals surface area contributed by atoms with Crippen LogP contribution >= 0.6 is 12.6 Å². The van der Waals surface area contributed by atoms with E-state index in [4.69, 9.17) is 4.74 Å². The van der Waals surface area contributed by atoms with Gasteiger partial charge in [0.1, 0.15) is 11.8 Å². The zero-order valence-electron chi connectivity index (χ0n) is 11.5. The SMILES string of the molecule is CC(=O)NC(CS)C(=O)NCCCOc1ccccc1. The van der Waals surface area contributed by atoms with Crippen LogP contribution in [0.15, 0.2) is 30.3 Å². The van der Waals surface area contributed by atoms with Crippen molar-refractivity contribution in [1.82, 2.24) is 10.6 Å². The minimum absolute atomic E-state index is 0.227. The molecular weight excluding hydrogens is 276 g/mol. The molecule has 2 amide bonds. The maximum Gasteiger partial charge on any atom is 0.243 e. The fraction of sp³-hybridized carbons (Fsp3) is 0.429. The van der Waals surface area contributed by atoms with Gasteiger partial charge in [0.05, 0.1) is 6.61 Å². The van der Waals surface area contributed by atoms with E-state index in [0.717, 1.165) is 5.75 Å². The second-order valence-electron chi connectivity index (χ2n) is 4.24. The van der Waals surface area contributed by atoms with Gasteiger partial charge in [0, 0.05) is 19.2 Å². The van der Waals surface area contributed by atoms with Gasteiger partial charge in [-0.05, 0) is 18.6 Å². The topological polar surface area (TPSA) is 67.4 Å². The molecule has 2 N–H and O–H groups in total. The smallest absolute Gasteiger partial charge is 0.243 e. The van der Waals surface area contributed by atoms with E-state index in [-0.39, 0.29) is 17.6 Å². The van der Waals surface area contributed by atoms with E-state index >= 15 is 0 Å². The van der Waals surface area contributed by atoms with Crippen molar-refractivity contribution < 1.29 is 14.3 Å². The molecule has 110 valence electrons. The third-order valence-electron chi connectivity index (χ3n) is 2.51. The van der Waals surface area contributed by atoms with Gasteiger partial charge in [-0.15, -0.1) is 0 Å². The van der Waals surface area contributed by atoms with Crippen LogP contribution < -0.4 is 15.4 Å². The minimum atomic E-state index is -0.592. The number of rotatable bonds is 8. The Bertz CT molecular complexity index is 426. The molecule has 0 saturated heterocycles. The van der Waals surface area contributed by atoms with E-state index in [9.17, 15) is 9.59 Å². The Balaban J connectivity index is 2.17. The van der Waals surface area contributed by atoms with Crippen molar-refractivity contribution in [3.05, 3.63) is 30.3 Å². The minimum Gasteiger partial charge on any atom is -0.494 e. The summed E-state index contributed by atoms with van der Waals surface area (Å²) in [7, 11) is 0. The summed E-state index contributed by atoms with van der Waals surface area (Å²) in [5.74, 6) is 0.609. The largest absolute Gasteiger partial charge is 0.494 e. The van der Waals surface area contributed by atoms with Gasteiger partial charge in [-0.3, -0.25) is 9.59 Å². The first kappa shape index (κ1) is 16.4. The van der Waals surface area contributed by atoms with Crippen molar-refractivity contribution in [3.63, 3.8) is 0 Å². The van der Waals surface area contributed by atoms with Crippen LogP contribution in [0.5, 0.6) is 5.75 Å². The van der Waals surface area contributed by atoms with Crippen LogP contribution in [0.1, 0.15) is 13.3 Å². The summed E-state index contributed by atoms with van der Waals surface area (Å²) < 4.78 is 5.50. The van der Waals surface area contributed by atoms with Gasteiger partial charge < -0.3 is 15.4 Å². The number of ether oxygens (including phenoxy) is 1. The normalized spacial score (nSPS) is 11.5. The van der Waals surface area contributed by atoms with Crippen molar-refractivity contribution >= 4 is 24.4 Å². The van der Waals surface area contributed by atoms with Crippen LogP contribution in [0, 0.1) is 0 Å². The summed E-state index contributed by atoms with van der Waals surface area (Å²) in [6.45, 7) is 2.39. The number of nitrogens with one attached hydrogen (secondary N) is 2. The molecular formula is C14H20N2O3S. The van der Waals surface area contributed by atoms with E-state index in [0.29, 0.717) is 19.6 Å². The molecule has 0 aliphatic rings. The molecule has 0 spiro atoms. The van der Waals surface area contributed by atoms with Crippen LogP contribution in [0.2, 0.25) is 0 Å². The molecule has 0 radical (unpaired) electrons. The molecule has 1 unspecified atom stereocenters. The molecule has 5 nitrogen and oxygen atoms in total. The molecule has 20 heavy (non-hydrogen) atoms. The second-order valence-corrected chi connectivity index (χ2v) is 4.61. The molecule has 0 aliphatic carbocycles. The Morgan fingerprint density at radius 3 is 2.60 bits per heavy atom. The molecule has 0 bridgehead atoms. The summed E-state index contributed by atoms with van der Waals surface area (Å²) in [5, 5.41) is 5.28. The van der Waals surface area contributed by atoms with Gasteiger partial charge in [0.15, 0.2) is 0 Å². The van der Waals surface area contributed by atoms with Gasteiger partial charge in [-0.25, -0.2) is 0 Å². The lowest BCUT2D eigenvalue weighted by atomic mass is 10.3. The number of hydrogen-bond acceptors (Lipinski definition) is 4. The molecule has 0 saturated carbocycles. The third-order valence-corrected chi connectivity index (χ3v) is 2.87. The third kappa shape index (κ3) is 6.47. The maximum absolute atomic E-state index is 11.7. The standard InChI is InChI=1S/C14H20N2O3S/c1-11(17)16-13(10-20)14(18)15-8-5-9-19-12-6-3-2-4-7-12/h2-4,6-7,13,20H,5,8-10H2,1H3,(H,15,18)(H,16,17). The van der Waals surface area contributed by atoms with Gasteiger partial charge >= 0.3 is 0 Å². The first-order chi connectivity index (χ1) is 9.63. The first-order valence-corrected chi connectivity index (χ1v) is 7.10. The lowest BCUT2D eigenvalue weighted by Crippen LogP contribution is -2.47. The van der Waals surface area contributed by atoms with Crippen molar-refractivity contribution in [2.75, 3.05) is 18.9 Å². The first-order valence-electron chi connectivity index (χ1n) is 6.47. The van der Waals surface area contributed by atoms with Crippen LogP contribution in [0.25, 0.3) is 0 Å². The summed E-state index contributed by atoms with van der Waals surface area (Å²) in [5.41, 5.74) is 0. The maximum atomic E-state index is 11.7. The number of amides is 2. The molecule has 0 aliphatic heterocycles. The number of thiol groups is 1. The van der Waals surface area contributed by atoms with Crippen LogP contribution in [-0.4, -0.2) is 36.8 Å². The molecule has 0 fully saturated rings. The highest BCUT2D eigenvalue weighted by atomic mass is 32.1. The van der Waals surface area contributed by atoms with Gasteiger partial charge in [0.2, 0.25) is 11.8 Å². The number of benzene rings is 1. The van der Waals surface area contributed by atoms with Crippen LogP contribution in [0.3, 0.4) is 0 Å². The molecule has 0 heterocycles. The average molecular weight is 296 g/mol. The summed E-state index contributed by atoms with van der Waals surface area (Å²) in [6.07, 6.45) is 0.694. The highest BCUT2D eigenvalue weighted by Crippen LogP contribution is 2.07. The highest BCUT2D eigenvalue weighted by Gasteiger charge is 2.16. The fourth-order valence-corrected chi connectivity index (χ4v) is 1.81. The second kappa shape index (κ2) is 9.25. The molecule has 1 aromatic carbocycles. The number of hydrogen-bond donors (Lipinski definition) is 3. The van der Waals surface area contributed by atoms with Crippen LogP contribution in [-0.2, 0) is 9.59 Å². The Kier molecular flexibility index (Phi) is 7.57. The average Bonchev–Trinajstić information content (AvgIpc) is 2.45. The molecule has 6 heteroatoms. The van der Waals surface area contributed by atoms with E-state index in [2.05, 4.69) is 23.3 Å². The molecule has 1 aromatic rings. The van der Waals surface area contributed by atoms with Gasteiger partial charge in [-0.1, -0.05) is 18.2 Å².